The van der Waals surface area contributed by atoms with Crippen LogP contribution in [0.25, 0.3) is 6.08 Å². The van der Waals surface area contributed by atoms with Gasteiger partial charge in [-0.15, -0.1) is 0 Å². The van der Waals surface area contributed by atoms with Gasteiger partial charge in [-0.05, 0) is 53.6 Å². The Hall–Kier alpha value is -2.93. The SMILES string of the molecule is O=C(Oc1ccc(C=C2SC(=S)N(Cc3ccccc3)C2=O)cc1)c1ccc(Cl)cc1. The highest BCUT2D eigenvalue weighted by Crippen LogP contribution is 2.33. The van der Waals surface area contributed by atoms with Crippen molar-refractivity contribution in [2.75, 3.05) is 0 Å². The van der Waals surface area contributed by atoms with Crippen molar-refractivity contribution in [1.82, 2.24) is 4.90 Å². The molecule has 0 spiro atoms. The largest absolute Gasteiger partial charge is 0.423 e. The molecule has 0 atom stereocenters. The van der Waals surface area contributed by atoms with Gasteiger partial charge >= 0.3 is 5.97 Å². The third-order valence-electron chi connectivity index (χ3n) is 4.53. The van der Waals surface area contributed by atoms with Gasteiger partial charge < -0.3 is 4.74 Å². The second kappa shape index (κ2) is 9.47. The number of esters is 1. The molecule has 0 bridgehead atoms. The van der Waals surface area contributed by atoms with Gasteiger partial charge in [-0.3, -0.25) is 9.69 Å². The molecule has 0 aliphatic carbocycles. The van der Waals surface area contributed by atoms with Gasteiger partial charge in [0.15, 0.2) is 0 Å². The summed E-state index contributed by atoms with van der Waals surface area (Å²) in [5.74, 6) is -0.169. The number of amides is 1. The summed E-state index contributed by atoms with van der Waals surface area (Å²) in [7, 11) is 0. The Morgan fingerprint density at radius 2 is 1.68 bits per heavy atom. The second-order valence-corrected chi connectivity index (χ2v) is 8.83. The summed E-state index contributed by atoms with van der Waals surface area (Å²) < 4.78 is 5.92. The molecule has 0 unspecified atom stereocenters. The number of benzene rings is 3. The first-order valence-corrected chi connectivity index (χ1v) is 11.0. The highest BCUT2D eigenvalue weighted by atomic mass is 35.5. The molecule has 7 heteroatoms. The lowest BCUT2D eigenvalue weighted by atomic mass is 10.2. The van der Waals surface area contributed by atoms with Gasteiger partial charge in [-0.2, -0.15) is 0 Å². The first-order valence-electron chi connectivity index (χ1n) is 9.37. The summed E-state index contributed by atoms with van der Waals surface area (Å²) in [4.78, 5) is 27.2. The molecule has 0 aromatic heterocycles. The molecule has 0 N–H and O–H groups in total. The third kappa shape index (κ3) is 5.22. The van der Waals surface area contributed by atoms with Gasteiger partial charge in [0.2, 0.25) is 0 Å². The Balaban J connectivity index is 1.43. The van der Waals surface area contributed by atoms with E-state index >= 15 is 0 Å². The molecule has 4 nitrogen and oxygen atoms in total. The Morgan fingerprint density at radius 1 is 1.00 bits per heavy atom. The van der Waals surface area contributed by atoms with Gasteiger partial charge in [-0.1, -0.05) is 78.0 Å². The van der Waals surface area contributed by atoms with Crippen LogP contribution in [0.1, 0.15) is 21.5 Å². The number of carbonyl (C=O) groups is 2. The van der Waals surface area contributed by atoms with E-state index in [9.17, 15) is 9.59 Å². The van der Waals surface area contributed by atoms with E-state index in [1.807, 2.05) is 30.3 Å². The van der Waals surface area contributed by atoms with Crippen LogP contribution in [0.2, 0.25) is 5.02 Å². The smallest absolute Gasteiger partial charge is 0.343 e. The van der Waals surface area contributed by atoms with Crippen molar-refractivity contribution in [3.63, 3.8) is 0 Å². The molecular formula is C24H16ClNO3S2. The highest BCUT2D eigenvalue weighted by Gasteiger charge is 2.31. The fourth-order valence-corrected chi connectivity index (χ4v) is 4.32. The minimum absolute atomic E-state index is 0.114. The normalized spacial score (nSPS) is 14.9. The molecule has 1 aliphatic rings. The number of nitrogens with zero attached hydrogens (tertiary/aromatic N) is 1. The first kappa shape index (κ1) is 21.3. The van der Waals surface area contributed by atoms with E-state index in [1.165, 1.54) is 11.8 Å². The van der Waals surface area contributed by atoms with Crippen molar-refractivity contribution in [2.24, 2.45) is 0 Å². The summed E-state index contributed by atoms with van der Waals surface area (Å²) in [6, 6.07) is 23.2. The van der Waals surface area contributed by atoms with Crippen molar-refractivity contribution >= 4 is 57.9 Å². The monoisotopic (exact) mass is 465 g/mol. The van der Waals surface area contributed by atoms with Gasteiger partial charge in [0.1, 0.15) is 10.1 Å². The number of halogens is 1. The quantitative estimate of drug-likeness (QED) is 0.201. The van der Waals surface area contributed by atoms with E-state index in [0.29, 0.717) is 32.1 Å². The lowest BCUT2D eigenvalue weighted by molar-refractivity contribution is -0.122. The summed E-state index contributed by atoms with van der Waals surface area (Å²) in [6.45, 7) is 0.447. The van der Waals surface area contributed by atoms with E-state index < -0.39 is 5.97 Å². The molecule has 1 saturated heterocycles. The Bertz CT molecular complexity index is 1160. The molecule has 3 aromatic carbocycles. The number of hydrogen-bond acceptors (Lipinski definition) is 5. The summed E-state index contributed by atoms with van der Waals surface area (Å²) in [5.41, 5.74) is 2.24. The predicted octanol–water partition coefficient (Wildman–Crippen LogP) is 5.96. The number of thioether (sulfide) groups is 1. The molecule has 1 amide bonds. The zero-order valence-electron chi connectivity index (χ0n) is 16.2. The third-order valence-corrected chi connectivity index (χ3v) is 6.16. The standard InChI is InChI=1S/C24H16ClNO3S2/c25-19-10-8-18(9-11-19)23(28)29-20-12-6-16(7-13-20)14-21-22(27)26(24(30)31-21)15-17-4-2-1-3-5-17/h1-14H,15H2. The van der Waals surface area contributed by atoms with Crippen LogP contribution in [0.15, 0.2) is 83.8 Å². The molecule has 0 saturated carbocycles. The van der Waals surface area contributed by atoms with E-state index in [4.69, 9.17) is 28.6 Å². The van der Waals surface area contributed by atoms with Crippen LogP contribution in [0, 0.1) is 0 Å². The van der Waals surface area contributed by atoms with Crippen LogP contribution in [0.5, 0.6) is 5.75 Å². The minimum atomic E-state index is -0.466. The summed E-state index contributed by atoms with van der Waals surface area (Å²) >= 11 is 12.5. The average Bonchev–Trinajstić information content (AvgIpc) is 3.03. The van der Waals surface area contributed by atoms with Crippen molar-refractivity contribution in [3.05, 3.63) is 105 Å². The maximum Gasteiger partial charge on any atom is 0.343 e. The number of ether oxygens (including phenoxy) is 1. The first-order chi connectivity index (χ1) is 15.0. The van der Waals surface area contributed by atoms with Gasteiger partial charge in [0.25, 0.3) is 5.91 Å². The van der Waals surface area contributed by atoms with Crippen LogP contribution in [-0.2, 0) is 11.3 Å². The Kier molecular flexibility index (Phi) is 6.51. The highest BCUT2D eigenvalue weighted by molar-refractivity contribution is 8.26. The maximum absolute atomic E-state index is 12.8. The fourth-order valence-electron chi connectivity index (χ4n) is 2.94. The van der Waals surface area contributed by atoms with Crippen molar-refractivity contribution < 1.29 is 14.3 Å². The number of carbonyl (C=O) groups excluding carboxylic acids is 2. The molecule has 0 radical (unpaired) electrons. The predicted molar refractivity (Wildman–Crippen MR) is 128 cm³/mol. The number of rotatable bonds is 5. The van der Waals surface area contributed by atoms with Gasteiger partial charge in [0, 0.05) is 5.02 Å². The maximum atomic E-state index is 12.8. The van der Waals surface area contributed by atoms with E-state index in [-0.39, 0.29) is 5.91 Å². The van der Waals surface area contributed by atoms with Crippen LogP contribution in [-0.4, -0.2) is 21.1 Å². The minimum Gasteiger partial charge on any atom is -0.423 e. The topological polar surface area (TPSA) is 46.6 Å². The van der Waals surface area contributed by atoms with Crippen LogP contribution < -0.4 is 4.74 Å². The zero-order valence-corrected chi connectivity index (χ0v) is 18.5. The van der Waals surface area contributed by atoms with Crippen molar-refractivity contribution in [3.8, 4) is 5.75 Å². The molecule has 1 fully saturated rings. The van der Waals surface area contributed by atoms with Crippen LogP contribution in [0.3, 0.4) is 0 Å². The van der Waals surface area contributed by atoms with Crippen molar-refractivity contribution in [1.29, 1.82) is 0 Å². The lowest BCUT2D eigenvalue weighted by Gasteiger charge is -2.14. The second-order valence-electron chi connectivity index (χ2n) is 6.72. The summed E-state index contributed by atoms with van der Waals surface area (Å²) in [5, 5.41) is 0.551. The number of hydrogen-bond donors (Lipinski definition) is 0. The molecule has 31 heavy (non-hydrogen) atoms. The Morgan fingerprint density at radius 3 is 2.35 bits per heavy atom. The molecule has 4 rings (SSSR count). The van der Waals surface area contributed by atoms with Gasteiger partial charge in [-0.25, -0.2) is 4.79 Å². The number of thiocarbonyl (C=S) groups is 1. The van der Waals surface area contributed by atoms with Crippen LogP contribution >= 0.6 is 35.6 Å². The molecule has 154 valence electrons. The van der Waals surface area contributed by atoms with E-state index in [0.717, 1.165) is 11.1 Å². The van der Waals surface area contributed by atoms with Crippen LogP contribution in [0.4, 0.5) is 0 Å². The molecule has 3 aromatic rings. The summed E-state index contributed by atoms with van der Waals surface area (Å²) in [6.07, 6.45) is 1.79. The van der Waals surface area contributed by atoms with E-state index in [2.05, 4.69) is 0 Å². The van der Waals surface area contributed by atoms with Gasteiger partial charge in [0.05, 0.1) is 17.0 Å². The molecule has 1 heterocycles. The lowest BCUT2D eigenvalue weighted by Crippen LogP contribution is -2.27. The Labute approximate surface area is 194 Å². The van der Waals surface area contributed by atoms with Crippen molar-refractivity contribution in [2.45, 2.75) is 6.54 Å². The average molecular weight is 466 g/mol. The molecule has 1 aliphatic heterocycles. The van der Waals surface area contributed by atoms with E-state index in [1.54, 1.807) is 59.5 Å². The molecular weight excluding hydrogens is 450 g/mol. The fraction of sp³-hybridized carbons (Fsp3) is 0.0417. The zero-order chi connectivity index (χ0) is 21.8.